The van der Waals surface area contributed by atoms with Gasteiger partial charge in [-0.1, -0.05) is 99.5 Å². The summed E-state index contributed by atoms with van der Waals surface area (Å²) < 4.78 is 0. The first-order chi connectivity index (χ1) is 20.6. The Hall–Kier alpha value is -4.74. The lowest BCUT2D eigenvalue weighted by Gasteiger charge is -2.13. The predicted octanol–water partition coefficient (Wildman–Crippen LogP) is 11.2. The van der Waals surface area contributed by atoms with Crippen LogP contribution < -0.4 is 0 Å². The van der Waals surface area contributed by atoms with Gasteiger partial charge in [0.2, 0.25) is 0 Å². The Morgan fingerprint density at radius 2 is 1.02 bits per heavy atom. The molecule has 0 bridgehead atoms. The Bertz CT molecular complexity index is 1930. The second-order valence-corrected chi connectivity index (χ2v) is 12.8. The van der Waals surface area contributed by atoms with E-state index in [1.807, 2.05) is 6.07 Å². The van der Waals surface area contributed by atoms with Crippen LogP contribution in [0.25, 0.3) is 55.2 Å². The van der Waals surface area contributed by atoms with E-state index in [1.54, 1.807) is 0 Å². The van der Waals surface area contributed by atoms with Crippen LogP contribution in [0.4, 0.5) is 0 Å². The summed E-state index contributed by atoms with van der Waals surface area (Å²) in [6.45, 7) is 14.9. The van der Waals surface area contributed by atoms with Gasteiger partial charge in [-0.25, -0.2) is 4.98 Å². The van der Waals surface area contributed by atoms with Gasteiger partial charge in [0.15, 0.2) is 0 Å². The maximum atomic E-state index is 4.93. The van der Waals surface area contributed by atoms with Crippen LogP contribution in [0.5, 0.6) is 0 Å². The molecule has 0 N–H and O–H groups in total. The molecule has 6 aromatic rings. The van der Waals surface area contributed by atoms with Crippen molar-refractivity contribution in [3.63, 3.8) is 0 Å². The molecule has 0 atom stereocenters. The zero-order chi connectivity index (χ0) is 30.6. The van der Waals surface area contributed by atoms with Gasteiger partial charge < -0.3 is 0 Å². The smallest absolute Gasteiger partial charge is 0.114 e. The van der Waals surface area contributed by atoms with E-state index in [0.29, 0.717) is 0 Å². The van der Waals surface area contributed by atoms with Crippen molar-refractivity contribution < 1.29 is 0 Å². The molecular formula is C41H40N2. The van der Waals surface area contributed by atoms with Crippen LogP contribution in [0.2, 0.25) is 0 Å². The zero-order valence-electron chi connectivity index (χ0n) is 26.4. The van der Waals surface area contributed by atoms with Crippen LogP contribution in [0, 0.1) is 30.1 Å². The maximum absolute atomic E-state index is 4.93. The highest BCUT2D eigenvalue weighted by Crippen LogP contribution is 2.35. The minimum atomic E-state index is -0.0878. The summed E-state index contributed by atoms with van der Waals surface area (Å²) in [5.74, 6) is 7.48. The summed E-state index contributed by atoms with van der Waals surface area (Å²) >= 11 is 0. The topological polar surface area (TPSA) is 25.8 Å². The molecule has 0 aliphatic rings. The molecule has 2 heterocycles. The van der Waals surface area contributed by atoms with Gasteiger partial charge in [-0.2, -0.15) is 0 Å². The molecular weight excluding hydrogens is 520 g/mol. The fourth-order valence-corrected chi connectivity index (χ4v) is 4.97. The van der Waals surface area contributed by atoms with Crippen molar-refractivity contribution in [2.24, 2.45) is 11.3 Å². The first-order valence-corrected chi connectivity index (χ1v) is 15.1. The van der Waals surface area contributed by atoms with E-state index < -0.39 is 0 Å². The minimum absolute atomic E-state index is 0.0878. The normalized spacial score (nSPS) is 11.2. The molecule has 0 saturated heterocycles. The Morgan fingerprint density at radius 1 is 0.558 bits per heavy atom. The molecule has 2 heteroatoms. The van der Waals surface area contributed by atoms with E-state index in [1.165, 1.54) is 11.1 Å². The quantitative estimate of drug-likeness (QED) is 0.201. The molecule has 0 saturated carbocycles. The third-order valence-electron chi connectivity index (χ3n) is 6.81. The van der Waals surface area contributed by atoms with Crippen molar-refractivity contribution in [3.8, 4) is 45.2 Å². The van der Waals surface area contributed by atoms with E-state index >= 15 is 0 Å². The van der Waals surface area contributed by atoms with Crippen LogP contribution in [-0.2, 0) is 0 Å². The van der Waals surface area contributed by atoms with Crippen molar-refractivity contribution in [3.05, 3.63) is 121 Å². The van der Waals surface area contributed by atoms with Gasteiger partial charge in [-0.05, 0) is 109 Å². The summed E-state index contributed by atoms with van der Waals surface area (Å²) in [5, 5.41) is 2.27. The number of benzene rings is 4. The van der Waals surface area contributed by atoms with E-state index in [-0.39, 0.29) is 5.41 Å². The first kappa shape index (κ1) is 29.7. The second-order valence-electron chi connectivity index (χ2n) is 12.8. The third-order valence-corrected chi connectivity index (χ3v) is 6.81. The Balaban J connectivity index is 0.000000868. The molecule has 4 aromatic carbocycles. The number of fused-ring (bicyclic) bond motifs is 2. The van der Waals surface area contributed by atoms with Crippen molar-refractivity contribution in [1.29, 1.82) is 0 Å². The molecule has 0 amide bonds. The van der Waals surface area contributed by atoms with Crippen LogP contribution in [0.1, 0.15) is 52.9 Å². The molecule has 2 aromatic heterocycles. The molecule has 43 heavy (non-hydrogen) atoms. The van der Waals surface area contributed by atoms with Crippen molar-refractivity contribution in [2.45, 2.75) is 48.5 Å². The first-order valence-electron chi connectivity index (χ1n) is 15.1. The van der Waals surface area contributed by atoms with Crippen LogP contribution in [0.15, 0.2) is 109 Å². The minimum Gasteiger partial charge on any atom is -0.253 e. The molecule has 6 rings (SSSR count). The predicted molar refractivity (Wildman–Crippen MR) is 185 cm³/mol. The van der Waals surface area contributed by atoms with Crippen LogP contribution >= 0.6 is 0 Å². The largest absolute Gasteiger partial charge is 0.253 e. The lowest BCUT2D eigenvalue weighted by molar-refractivity contribution is 0.571. The molecule has 0 radical (unpaired) electrons. The average Bonchev–Trinajstić information content (AvgIpc) is 2.99. The SMILES string of the molecule is CC(C)C.Cc1cc(-c2ccccc2)c2cc(-c3ccc4nc(C#CC(C)(C)C)cc(-c5ccccc5)c4c3)ccc2n1. The van der Waals surface area contributed by atoms with Gasteiger partial charge in [0.25, 0.3) is 0 Å². The summed E-state index contributed by atoms with van der Waals surface area (Å²) in [7, 11) is 0. The standard InChI is InChI=1S/C37H30N2.C4H10/c1-25-21-31(26-11-7-5-8-12-26)33-22-28(15-17-35(33)38-25)29-16-18-36-34(23-29)32(27-13-9-6-10-14-27)24-30(39-36)19-20-37(2,3)4;1-4(2)3/h5-18,21-24H,1-4H3;4H,1-3H3. The van der Waals surface area contributed by atoms with Gasteiger partial charge in [-0.3, -0.25) is 4.98 Å². The monoisotopic (exact) mass is 560 g/mol. The highest BCUT2D eigenvalue weighted by molar-refractivity contribution is 6.00. The van der Waals surface area contributed by atoms with Gasteiger partial charge >= 0.3 is 0 Å². The molecule has 0 spiro atoms. The van der Waals surface area contributed by atoms with Gasteiger partial charge in [-0.15, -0.1) is 0 Å². The van der Waals surface area contributed by atoms with E-state index in [2.05, 4.69) is 163 Å². The number of aryl methyl sites for hydroxylation is 1. The second kappa shape index (κ2) is 12.6. The summed E-state index contributed by atoms with van der Waals surface area (Å²) in [5.41, 5.74) is 10.7. The summed E-state index contributed by atoms with van der Waals surface area (Å²) in [6, 6.07) is 38.5. The van der Waals surface area contributed by atoms with Gasteiger partial charge in [0, 0.05) is 21.9 Å². The van der Waals surface area contributed by atoms with Gasteiger partial charge in [0.1, 0.15) is 5.69 Å². The maximum Gasteiger partial charge on any atom is 0.114 e. The van der Waals surface area contributed by atoms with E-state index in [9.17, 15) is 0 Å². The molecule has 0 aliphatic carbocycles. The average molecular weight is 561 g/mol. The number of aromatic nitrogens is 2. The highest BCUT2D eigenvalue weighted by atomic mass is 14.7. The number of pyridine rings is 2. The van der Waals surface area contributed by atoms with Crippen molar-refractivity contribution in [2.75, 3.05) is 0 Å². The molecule has 0 fully saturated rings. The van der Waals surface area contributed by atoms with E-state index in [0.717, 1.165) is 61.4 Å². The zero-order valence-corrected chi connectivity index (χ0v) is 26.4. The molecule has 2 nitrogen and oxygen atoms in total. The number of hydrogen-bond acceptors (Lipinski definition) is 2. The molecule has 214 valence electrons. The third kappa shape index (κ3) is 7.37. The lowest BCUT2D eigenvalue weighted by Crippen LogP contribution is -2.00. The fourth-order valence-electron chi connectivity index (χ4n) is 4.97. The molecule has 0 unspecified atom stereocenters. The van der Waals surface area contributed by atoms with Gasteiger partial charge in [0.05, 0.1) is 11.0 Å². The number of rotatable bonds is 3. The van der Waals surface area contributed by atoms with Crippen molar-refractivity contribution >= 4 is 21.8 Å². The highest BCUT2D eigenvalue weighted by Gasteiger charge is 2.12. The lowest BCUT2D eigenvalue weighted by atomic mass is 9.94. The van der Waals surface area contributed by atoms with E-state index in [4.69, 9.17) is 9.97 Å². The number of hydrogen-bond donors (Lipinski definition) is 0. The molecule has 0 aliphatic heterocycles. The Morgan fingerprint density at radius 3 is 1.51 bits per heavy atom. The van der Waals surface area contributed by atoms with Crippen LogP contribution in [0.3, 0.4) is 0 Å². The Kier molecular flexibility index (Phi) is 8.74. The number of nitrogens with zero attached hydrogens (tertiary/aromatic N) is 2. The van der Waals surface area contributed by atoms with Crippen molar-refractivity contribution in [1.82, 2.24) is 9.97 Å². The summed E-state index contributed by atoms with van der Waals surface area (Å²) in [6.07, 6.45) is 0. The summed E-state index contributed by atoms with van der Waals surface area (Å²) in [4.78, 5) is 9.75. The fraction of sp³-hybridized carbons (Fsp3) is 0.220. The van der Waals surface area contributed by atoms with Crippen LogP contribution in [-0.4, -0.2) is 9.97 Å². The Labute approximate surface area is 256 Å².